The number of aryl methyl sites for hydroxylation is 1. The summed E-state index contributed by atoms with van der Waals surface area (Å²) in [6.07, 6.45) is 0.972. The van der Waals surface area contributed by atoms with Gasteiger partial charge in [-0.3, -0.25) is 5.32 Å². The first-order valence-electron chi connectivity index (χ1n) is 5.51. The highest BCUT2D eigenvalue weighted by Crippen LogP contribution is 2.19. The van der Waals surface area contributed by atoms with Crippen LogP contribution in [0.2, 0.25) is 0 Å². The summed E-state index contributed by atoms with van der Waals surface area (Å²) in [6.45, 7) is 6.96. The molecule has 1 rings (SSSR count). The SMILES string of the molecule is CCCNC(C(=O)OCC)c1nc(C)cs1. The number of rotatable bonds is 6. The van der Waals surface area contributed by atoms with Crippen LogP contribution < -0.4 is 5.32 Å². The van der Waals surface area contributed by atoms with Gasteiger partial charge in [-0.1, -0.05) is 6.92 Å². The minimum Gasteiger partial charge on any atom is -0.465 e. The minimum absolute atomic E-state index is 0.245. The maximum absolute atomic E-state index is 11.7. The van der Waals surface area contributed by atoms with Crippen LogP contribution >= 0.6 is 11.3 Å². The van der Waals surface area contributed by atoms with Crippen molar-refractivity contribution in [3.63, 3.8) is 0 Å². The van der Waals surface area contributed by atoms with Crippen LogP contribution in [0.1, 0.15) is 37.0 Å². The summed E-state index contributed by atoms with van der Waals surface area (Å²) >= 11 is 1.49. The van der Waals surface area contributed by atoms with E-state index in [2.05, 4.69) is 17.2 Å². The average Bonchev–Trinajstić information content (AvgIpc) is 2.66. The van der Waals surface area contributed by atoms with E-state index in [1.807, 2.05) is 19.2 Å². The number of thiazole rings is 1. The van der Waals surface area contributed by atoms with E-state index in [0.717, 1.165) is 23.7 Å². The first kappa shape index (κ1) is 13.1. The molecule has 0 bridgehead atoms. The molecule has 0 amide bonds. The smallest absolute Gasteiger partial charge is 0.330 e. The van der Waals surface area contributed by atoms with Crippen LogP contribution in [0, 0.1) is 6.92 Å². The molecule has 1 aromatic heterocycles. The molecular weight excluding hydrogens is 224 g/mol. The second kappa shape index (κ2) is 6.60. The van der Waals surface area contributed by atoms with Gasteiger partial charge in [0.15, 0.2) is 6.04 Å². The van der Waals surface area contributed by atoms with E-state index < -0.39 is 6.04 Å². The van der Waals surface area contributed by atoms with E-state index in [9.17, 15) is 4.79 Å². The van der Waals surface area contributed by atoms with Crippen molar-refractivity contribution in [2.75, 3.05) is 13.2 Å². The van der Waals surface area contributed by atoms with Gasteiger partial charge in [0, 0.05) is 11.1 Å². The molecule has 1 unspecified atom stereocenters. The molecule has 1 atom stereocenters. The summed E-state index contributed by atoms with van der Waals surface area (Å²) < 4.78 is 5.03. The number of nitrogens with zero attached hydrogens (tertiary/aromatic N) is 1. The highest BCUT2D eigenvalue weighted by atomic mass is 32.1. The van der Waals surface area contributed by atoms with Crippen molar-refractivity contribution in [1.82, 2.24) is 10.3 Å². The number of hydrogen-bond donors (Lipinski definition) is 1. The molecule has 0 aromatic carbocycles. The van der Waals surface area contributed by atoms with Gasteiger partial charge in [-0.05, 0) is 26.8 Å². The standard InChI is InChI=1S/C11H18N2O2S/c1-4-6-12-9(11(14)15-5-2)10-13-8(3)7-16-10/h7,9,12H,4-6H2,1-3H3. The Balaban J connectivity index is 2.74. The third-order valence-corrected chi connectivity index (χ3v) is 3.03. The normalized spacial score (nSPS) is 12.4. The van der Waals surface area contributed by atoms with E-state index in [1.165, 1.54) is 11.3 Å². The maximum Gasteiger partial charge on any atom is 0.330 e. The quantitative estimate of drug-likeness (QED) is 0.776. The molecule has 0 fully saturated rings. The van der Waals surface area contributed by atoms with Gasteiger partial charge in [-0.25, -0.2) is 9.78 Å². The van der Waals surface area contributed by atoms with Crippen molar-refractivity contribution in [1.29, 1.82) is 0 Å². The molecule has 0 saturated carbocycles. The van der Waals surface area contributed by atoms with Gasteiger partial charge in [0.05, 0.1) is 6.61 Å². The van der Waals surface area contributed by atoms with Crippen molar-refractivity contribution in [3.8, 4) is 0 Å². The molecule has 0 spiro atoms. The summed E-state index contributed by atoms with van der Waals surface area (Å²) in [5.74, 6) is -0.245. The van der Waals surface area contributed by atoms with Gasteiger partial charge in [0.25, 0.3) is 0 Å². The monoisotopic (exact) mass is 242 g/mol. The molecule has 90 valence electrons. The molecule has 0 radical (unpaired) electrons. The Labute approximate surface area is 100 Å². The number of nitrogens with one attached hydrogen (secondary N) is 1. The molecule has 1 heterocycles. The lowest BCUT2D eigenvalue weighted by Gasteiger charge is -2.14. The lowest BCUT2D eigenvalue weighted by Crippen LogP contribution is -2.30. The van der Waals surface area contributed by atoms with E-state index in [1.54, 1.807) is 0 Å². The zero-order valence-electron chi connectivity index (χ0n) is 9.95. The summed E-state index contributed by atoms with van der Waals surface area (Å²) in [5, 5.41) is 5.88. The molecular formula is C11H18N2O2S. The highest BCUT2D eigenvalue weighted by Gasteiger charge is 2.23. The van der Waals surface area contributed by atoms with Crippen LogP contribution in [0.25, 0.3) is 0 Å². The summed E-state index contributed by atoms with van der Waals surface area (Å²) in [4.78, 5) is 16.1. The van der Waals surface area contributed by atoms with Gasteiger partial charge in [0.2, 0.25) is 0 Å². The third-order valence-electron chi connectivity index (χ3n) is 2.00. The van der Waals surface area contributed by atoms with Crippen LogP contribution in [0.4, 0.5) is 0 Å². The van der Waals surface area contributed by atoms with Gasteiger partial charge in [-0.15, -0.1) is 11.3 Å². The highest BCUT2D eigenvalue weighted by molar-refractivity contribution is 7.09. The Hall–Kier alpha value is -0.940. The Morgan fingerprint density at radius 1 is 1.62 bits per heavy atom. The maximum atomic E-state index is 11.7. The average molecular weight is 242 g/mol. The predicted octanol–water partition coefficient (Wildman–Crippen LogP) is 2.06. The summed E-state index contributed by atoms with van der Waals surface area (Å²) in [5.41, 5.74) is 0.938. The Morgan fingerprint density at radius 2 is 2.38 bits per heavy atom. The second-order valence-corrected chi connectivity index (χ2v) is 4.36. The number of carbonyl (C=O) groups is 1. The van der Waals surface area contributed by atoms with Crippen LogP contribution in [-0.2, 0) is 9.53 Å². The Morgan fingerprint density at radius 3 is 2.88 bits per heavy atom. The van der Waals surface area contributed by atoms with Crippen molar-refractivity contribution < 1.29 is 9.53 Å². The Kier molecular flexibility index (Phi) is 5.42. The van der Waals surface area contributed by atoms with E-state index in [-0.39, 0.29) is 5.97 Å². The van der Waals surface area contributed by atoms with Crippen molar-refractivity contribution in [2.45, 2.75) is 33.2 Å². The zero-order chi connectivity index (χ0) is 12.0. The molecule has 5 heteroatoms. The van der Waals surface area contributed by atoms with Gasteiger partial charge < -0.3 is 4.74 Å². The van der Waals surface area contributed by atoms with Gasteiger partial charge >= 0.3 is 5.97 Å². The summed E-state index contributed by atoms with van der Waals surface area (Å²) in [6, 6.07) is -0.418. The fourth-order valence-corrected chi connectivity index (χ4v) is 2.15. The van der Waals surface area contributed by atoms with Crippen LogP contribution in [0.3, 0.4) is 0 Å². The first-order valence-corrected chi connectivity index (χ1v) is 6.39. The molecule has 1 N–H and O–H groups in total. The van der Waals surface area contributed by atoms with E-state index >= 15 is 0 Å². The molecule has 0 saturated heterocycles. The third kappa shape index (κ3) is 3.57. The molecule has 0 aliphatic heterocycles. The Bertz CT molecular complexity index is 338. The van der Waals surface area contributed by atoms with Crippen molar-refractivity contribution in [2.24, 2.45) is 0 Å². The molecule has 0 aliphatic carbocycles. The van der Waals surface area contributed by atoms with Gasteiger partial charge in [-0.2, -0.15) is 0 Å². The lowest BCUT2D eigenvalue weighted by molar-refractivity contribution is -0.145. The van der Waals surface area contributed by atoms with Gasteiger partial charge in [0.1, 0.15) is 5.01 Å². The van der Waals surface area contributed by atoms with Crippen LogP contribution in [0.15, 0.2) is 5.38 Å². The topological polar surface area (TPSA) is 51.2 Å². The lowest BCUT2D eigenvalue weighted by atomic mass is 10.3. The number of hydrogen-bond acceptors (Lipinski definition) is 5. The minimum atomic E-state index is -0.418. The van der Waals surface area contributed by atoms with Crippen LogP contribution in [-0.4, -0.2) is 24.1 Å². The van der Waals surface area contributed by atoms with E-state index in [0.29, 0.717) is 6.61 Å². The van der Waals surface area contributed by atoms with Crippen LogP contribution in [0.5, 0.6) is 0 Å². The fourth-order valence-electron chi connectivity index (χ4n) is 1.29. The number of carbonyl (C=O) groups excluding carboxylic acids is 1. The zero-order valence-corrected chi connectivity index (χ0v) is 10.8. The first-order chi connectivity index (χ1) is 7.69. The fraction of sp³-hybridized carbons (Fsp3) is 0.636. The molecule has 0 aliphatic rings. The second-order valence-electron chi connectivity index (χ2n) is 3.47. The van der Waals surface area contributed by atoms with E-state index in [4.69, 9.17) is 4.74 Å². The molecule has 1 aromatic rings. The van der Waals surface area contributed by atoms with Crippen molar-refractivity contribution >= 4 is 17.3 Å². The number of esters is 1. The molecule has 4 nitrogen and oxygen atoms in total. The largest absolute Gasteiger partial charge is 0.465 e. The summed E-state index contributed by atoms with van der Waals surface area (Å²) in [7, 11) is 0. The molecule has 16 heavy (non-hydrogen) atoms. The number of aromatic nitrogens is 1. The number of ether oxygens (including phenoxy) is 1. The predicted molar refractivity (Wildman–Crippen MR) is 64.5 cm³/mol. The van der Waals surface area contributed by atoms with Crippen molar-refractivity contribution in [3.05, 3.63) is 16.1 Å².